The Morgan fingerprint density at radius 3 is 2.75 bits per heavy atom. The Labute approximate surface area is 93.4 Å². The average Bonchev–Trinajstić information content (AvgIpc) is 2.73. The molecule has 0 aromatic carbocycles. The van der Waals surface area contributed by atoms with Crippen molar-refractivity contribution >= 4 is 5.65 Å². The highest BCUT2D eigenvalue weighted by Crippen LogP contribution is 2.16. The molecule has 0 saturated carbocycles. The molecule has 0 spiro atoms. The van der Waals surface area contributed by atoms with Crippen LogP contribution in [0.15, 0.2) is 48.9 Å². The Morgan fingerprint density at radius 2 is 1.94 bits per heavy atom. The molecule has 3 nitrogen and oxygen atoms in total. The zero-order chi connectivity index (χ0) is 11.0. The van der Waals surface area contributed by atoms with Crippen molar-refractivity contribution in [3.63, 3.8) is 0 Å². The molecule has 3 heterocycles. The van der Waals surface area contributed by atoms with Crippen LogP contribution in [0.3, 0.4) is 0 Å². The van der Waals surface area contributed by atoms with Crippen molar-refractivity contribution in [2.75, 3.05) is 0 Å². The van der Waals surface area contributed by atoms with Crippen molar-refractivity contribution < 1.29 is 0 Å². The molecule has 78 valence electrons. The molecule has 3 aromatic rings. The summed E-state index contributed by atoms with van der Waals surface area (Å²) in [6.07, 6.45) is 5.85. The second kappa shape index (κ2) is 3.45. The van der Waals surface area contributed by atoms with Crippen LogP contribution in [-0.4, -0.2) is 14.4 Å². The molecule has 0 saturated heterocycles. The number of nitrogens with zero attached hydrogens (tertiary/aromatic N) is 3. The highest BCUT2D eigenvalue weighted by atomic mass is 15.0. The Hall–Kier alpha value is -2.16. The summed E-state index contributed by atoms with van der Waals surface area (Å²) in [5.74, 6) is 0. The number of hydrogen-bond donors (Lipinski definition) is 0. The van der Waals surface area contributed by atoms with E-state index in [1.54, 1.807) is 6.20 Å². The van der Waals surface area contributed by atoms with Gasteiger partial charge in [0, 0.05) is 18.6 Å². The highest BCUT2D eigenvalue weighted by molar-refractivity contribution is 5.58. The fraction of sp³-hybridized carbons (Fsp3) is 0.0769. The lowest BCUT2D eigenvalue weighted by molar-refractivity contribution is 1.16. The van der Waals surface area contributed by atoms with E-state index >= 15 is 0 Å². The van der Waals surface area contributed by atoms with Crippen LogP contribution in [0.4, 0.5) is 0 Å². The third-order valence-electron chi connectivity index (χ3n) is 2.53. The molecule has 0 atom stereocenters. The zero-order valence-electron chi connectivity index (χ0n) is 8.96. The third kappa shape index (κ3) is 1.46. The van der Waals surface area contributed by atoms with E-state index in [-0.39, 0.29) is 0 Å². The van der Waals surface area contributed by atoms with Gasteiger partial charge in [0.25, 0.3) is 0 Å². The van der Waals surface area contributed by atoms with Gasteiger partial charge in [-0.05, 0) is 30.7 Å². The normalized spacial score (nSPS) is 10.8. The van der Waals surface area contributed by atoms with E-state index in [4.69, 9.17) is 0 Å². The van der Waals surface area contributed by atoms with E-state index in [9.17, 15) is 0 Å². The number of imidazole rings is 1. The summed E-state index contributed by atoms with van der Waals surface area (Å²) in [4.78, 5) is 8.82. The first-order valence-corrected chi connectivity index (χ1v) is 5.20. The first-order valence-electron chi connectivity index (χ1n) is 5.20. The molecule has 0 aliphatic heterocycles. The lowest BCUT2D eigenvalue weighted by Crippen LogP contribution is -1.82. The van der Waals surface area contributed by atoms with Crippen LogP contribution in [0.5, 0.6) is 0 Å². The van der Waals surface area contributed by atoms with Gasteiger partial charge in [-0.15, -0.1) is 0 Å². The molecular formula is C13H11N3. The van der Waals surface area contributed by atoms with Gasteiger partial charge in [-0.3, -0.25) is 4.98 Å². The van der Waals surface area contributed by atoms with Gasteiger partial charge in [0.2, 0.25) is 0 Å². The fourth-order valence-electron chi connectivity index (χ4n) is 1.74. The van der Waals surface area contributed by atoms with E-state index in [1.807, 2.05) is 34.9 Å². The lowest BCUT2D eigenvalue weighted by atomic mass is 10.3. The van der Waals surface area contributed by atoms with Crippen molar-refractivity contribution in [1.29, 1.82) is 0 Å². The summed E-state index contributed by atoms with van der Waals surface area (Å²) in [6, 6.07) is 9.92. The minimum absolute atomic E-state index is 0.906. The Balaban J connectivity index is 2.19. The molecule has 0 radical (unpaired) electrons. The molecule has 3 rings (SSSR count). The predicted molar refractivity (Wildman–Crippen MR) is 63.2 cm³/mol. The maximum atomic E-state index is 4.52. The van der Waals surface area contributed by atoms with E-state index in [0.29, 0.717) is 0 Å². The van der Waals surface area contributed by atoms with Crippen LogP contribution < -0.4 is 0 Å². The molecule has 0 fully saturated rings. The van der Waals surface area contributed by atoms with E-state index in [1.165, 1.54) is 5.56 Å². The van der Waals surface area contributed by atoms with Crippen LogP contribution in [0.2, 0.25) is 0 Å². The lowest BCUT2D eigenvalue weighted by Gasteiger charge is -1.93. The van der Waals surface area contributed by atoms with Crippen LogP contribution in [0.25, 0.3) is 17.0 Å². The summed E-state index contributed by atoms with van der Waals surface area (Å²) in [5.41, 5.74) is 3.98. The van der Waals surface area contributed by atoms with Gasteiger partial charge < -0.3 is 4.40 Å². The molecule has 0 aliphatic carbocycles. The van der Waals surface area contributed by atoms with E-state index in [0.717, 1.165) is 17.0 Å². The summed E-state index contributed by atoms with van der Waals surface area (Å²) < 4.78 is 2.03. The van der Waals surface area contributed by atoms with Crippen LogP contribution in [0.1, 0.15) is 5.56 Å². The minimum Gasteiger partial charge on any atom is -0.306 e. The molecule has 16 heavy (non-hydrogen) atoms. The third-order valence-corrected chi connectivity index (χ3v) is 2.53. The molecular weight excluding hydrogens is 198 g/mol. The number of pyridine rings is 2. The number of rotatable bonds is 1. The monoisotopic (exact) mass is 209 g/mol. The van der Waals surface area contributed by atoms with Gasteiger partial charge >= 0.3 is 0 Å². The summed E-state index contributed by atoms with van der Waals surface area (Å²) in [6.45, 7) is 2.07. The molecule has 3 heteroatoms. The van der Waals surface area contributed by atoms with Crippen LogP contribution in [0, 0.1) is 6.92 Å². The number of fused-ring (bicyclic) bond motifs is 1. The molecule has 0 unspecified atom stereocenters. The Morgan fingerprint density at radius 1 is 1.00 bits per heavy atom. The van der Waals surface area contributed by atoms with Gasteiger partial charge in [-0.1, -0.05) is 12.1 Å². The van der Waals surface area contributed by atoms with Gasteiger partial charge in [0.05, 0.1) is 5.69 Å². The zero-order valence-corrected chi connectivity index (χ0v) is 8.96. The Bertz CT molecular complexity index is 626. The van der Waals surface area contributed by atoms with Gasteiger partial charge in [0.15, 0.2) is 0 Å². The van der Waals surface area contributed by atoms with Gasteiger partial charge in [0.1, 0.15) is 11.3 Å². The number of aromatic nitrogens is 3. The smallest absolute Gasteiger partial charge is 0.137 e. The fourth-order valence-corrected chi connectivity index (χ4v) is 1.74. The average molecular weight is 209 g/mol. The van der Waals surface area contributed by atoms with Crippen molar-refractivity contribution in [3.8, 4) is 11.4 Å². The standard InChI is InChI=1S/C13H11N3/c1-10-5-6-13-15-12(9-16(13)8-10)11-4-2-3-7-14-11/h2-9H,1H3. The van der Waals surface area contributed by atoms with E-state index in [2.05, 4.69) is 29.2 Å². The minimum atomic E-state index is 0.906. The SMILES string of the molecule is Cc1ccc2nc(-c3ccccn3)cn2c1. The summed E-state index contributed by atoms with van der Waals surface area (Å²) in [7, 11) is 0. The first kappa shape index (κ1) is 9.09. The van der Waals surface area contributed by atoms with Gasteiger partial charge in [-0.25, -0.2) is 4.98 Å². The van der Waals surface area contributed by atoms with Gasteiger partial charge in [-0.2, -0.15) is 0 Å². The Kier molecular flexibility index (Phi) is 1.96. The maximum Gasteiger partial charge on any atom is 0.137 e. The quantitative estimate of drug-likeness (QED) is 0.616. The second-order valence-electron chi connectivity index (χ2n) is 3.81. The molecule has 0 N–H and O–H groups in total. The molecule has 0 amide bonds. The van der Waals surface area contributed by atoms with Crippen molar-refractivity contribution in [1.82, 2.24) is 14.4 Å². The predicted octanol–water partition coefficient (Wildman–Crippen LogP) is 2.70. The first-order chi connectivity index (χ1) is 7.83. The van der Waals surface area contributed by atoms with Crippen LogP contribution >= 0.6 is 0 Å². The second-order valence-corrected chi connectivity index (χ2v) is 3.81. The molecule has 0 bridgehead atoms. The number of aryl methyl sites for hydroxylation is 1. The maximum absolute atomic E-state index is 4.52. The van der Waals surface area contributed by atoms with Crippen molar-refractivity contribution in [2.24, 2.45) is 0 Å². The number of hydrogen-bond acceptors (Lipinski definition) is 2. The highest BCUT2D eigenvalue weighted by Gasteiger charge is 2.04. The van der Waals surface area contributed by atoms with Crippen molar-refractivity contribution in [3.05, 3.63) is 54.5 Å². The summed E-state index contributed by atoms with van der Waals surface area (Å²) in [5, 5.41) is 0. The largest absolute Gasteiger partial charge is 0.306 e. The summed E-state index contributed by atoms with van der Waals surface area (Å²) >= 11 is 0. The topological polar surface area (TPSA) is 30.2 Å². The van der Waals surface area contributed by atoms with E-state index < -0.39 is 0 Å². The van der Waals surface area contributed by atoms with Crippen LogP contribution in [-0.2, 0) is 0 Å². The molecule has 3 aromatic heterocycles. The molecule has 0 aliphatic rings. The van der Waals surface area contributed by atoms with Crippen molar-refractivity contribution in [2.45, 2.75) is 6.92 Å².